The molecule has 5 N–H and O–H groups in total. The van der Waals surface area contributed by atoms with Gasteiger partial charge in [0.05, 0.1) is 21.2 Å². The molecule has 0 aliphatic carbocycles. The molecule has 17 heteroatoms. The maximum atomic E-state index is 11.2. The van der Waals surface area contributed by atoms with Crippen molar-refractivity contribution in [2.45, 2.75) is 65.6 Å². The topological polar surface area (TPSA) is 229 Å². The minimum atomic E-state index is -1.60. The van der Waals surface area contributed by atoms with Gasteiger partial charge in [-0.05, 0) is 71.5 Å². The number of nitriles is 2. The predicted molar refractivity (Wildman–Crippen MR) is 249 cm³/mol. The van der Waals surface area contributed by atoms with E-state index < -0.39 is 18.2 Å². The number of halogens is 2. The normalized spacial score (nSPS) is 11.8. The van der Waals surface area contributed by atoms with Gasteiger partial charge in [0.1, 0.15) is 74.0 Å². The van der Waals surface area contributed by atoms with Crippen LogP contribution < -0.4 is 29.6 Å². The van der Waals surface area contributed by atoms with Crippen molar-refractivity contribution in [1.29, 1.82) is 10.5 Å². The fourth-order valence-corrected chi connectivity index (χ4v) is 7.39. The fourth-order valence-electron chi connectivity index (χ4n) is 6.90. The molecule has 0 radical (unpaired) electrons. The van der Waals surface area contributed by atoms with E-state index in [0.717, 1.165) is 33.4 Å². The van der Waals surface area contributed by atoms with Crippen molar-refractivity contribution >= 4 is 35.5 Å². The molecule has 2 aromatic heterocycles. The Labute approximate surface area is 397 Å². The predicted octanol–water partition coefficient (Wildman–Crippen LogP) is 7.31. The average Bonchev–Trinajstić information content (AvgIpc) is 3.33. The van der Waals surface area contributed by atoms with Gasteiger partial charge < -0.3 is 49.7 Å². The third-order valence-electron chi connectivity index (χ3n) is 10.6. The zero-order valence-electron chi connectivity index (χ0n) is 36.5. The molecule has 6 rings (SSSR count). The summed E-state index contributed by atoms with van der Waals surface area (Å²) in [6, 6.07) is 26.1. The number of ether oxygens (including phenoxy) is 4. The smallest absolute Gasteiger partial charge is 0.333 e. The lowest BCUT2D eigenvalue weighted by Gasteiger charge is -2.19. The van der Waals surface area contributed by atoms with Gasteiger partial charge in [-0.25, -0.2) is 4.79 Å². The van der Waals surface area contributed by atoms with Crippen LogP contribution >= 0.6 is 23.2 Å². The number of nitrogens with one attached hydrogen (secondary N) is 2. The van der Waals surface area contributed by atoms with Crippen LogP contribution in [0.15, 0.2) is 97.6 Å². The molecule has 0 fully saturated rings. The Morgan fingerprint density at radius 2 is 1.10 bits per heavy atom. The summed E-state index contributed by atoms with van der Waals surface area (Å²) < 4.78 is 25.0. The van der Waals surface area contributed by atoms with Gasteiger partial charge in [-0.3, -0.25) is 9.97 Å². The van der Waals surface area contributed by atoms with Crippen molar-refractivity contribution in [3.63, 3.8) is 0 Å². The highest BCUT2D eigenvalue weighted by Crippen LogP contribution is 2.37. The largest absolute Gasteiger partial charge is 0.488 e. The van der Waals surface area contributed by atoms with E-state index in [1.807, 2.05) is 50.2 Å². The third kappa shape index (κ3) is 13.5. The third-order valence-corrected chi connectivity index (χ3v) is 11.2. The zero-order valence-corrected chi connectivity index (χ0v) is 38.0. The highest BCUT2D eigenvalue weighted by Gasteiger charge is 2.18. The molecule has 0 aliphatic rings. The summed E-state index contributed by atoms with van der Waals surface area (Å²) in [5.41, 5.74) is 9.08. The summed E-state index contributed by atoms with van der Waals surface area (Å²) in [4.78, 5) is 30.3. The minimum Gasteiger partial charge on any atom is -0.488 e. The van der Waals surface area contributed by atoms with Gasteiger partial charge in [-0.1, -0.05) is 59.6 Å². The van der Waals surface area contributed by atoms with Crippen LogP contribution in [-0.4, -0.2) is 62.8 Å². The van der Waals surface area contributed by atoms with Crippen molar-refractivity contribution in [2.24, 2.45) is 0 Å². The van der Waals surface area contributed by atoms with E-state index in [1.165, 1.54) is 12.4 Å². The van der Waals surface area contributed by atoms with Crippen LogP contribution in [-0.2, 0) is 49.1 Å². The first-order chi connectivity index (χ1) is 32.4. The van der Waals surface area contributed by atoms with Crippen LogP contribution in [0.1, 0.15) is 55.6 Å². The zero-order chi connectivity index (χ0) is 47.9. The summed E-state index contributed by atoms with van der Waals surface area (Å²) in [6.07, 6.45) is 3.78. The van der Waals surface area contributed by atoms with Crippen molar-refractivity contribution in [2.75, 3.05) is 13.1 Å². The van der Waals surface area contributed by atoms with Crippen LogP contribution in [0.4, 0.5) is 0 Å². The number of rotatable bonds is 23. The number of hydrogen-bond acceptors (Lipinski definition) is 14. The maximum Gasteiger partial charge on any atom is 0.333 e. The molecule has 2 atom stereocenters. The molecule has 344 valence electrons. The first-order valence-corrected chi connectivity index (χ1v) is 21.6. The lowest BCUT2D eigenvalue weighted by Crippen LogP contribution is -2.32. The Bertz CT molecular complexity index is 2810. The molecule has 6 aromatic rings. The van der Waals surface area contributed by atoms with Crippen molar-refractivity contribution in [1.82, 2.24) is 20.6 Å². The number of carboxylic acids is 1. The Balaban J connectivity index is 1.19. The summed E-state index contributed by atoms with van der Waals surface area (Å²) in [7, 11) is 0. The number of nitrogens with zero attached hydrogens (tertiary/aromatic N) is 4. The summed E-state index contributed by atoms with van der Waals surface area (Å²) in [5.74, 6) is 0.198. The number of aromatic nitrogens is 2. The average molecular weight is 946 g/mol. The van der Waals surface area contributed by atoms with Crippen LogP contribution in [0.25, 0.3) is 11.1 Å². The van der Waals surface area contributed by atoms with Gasteiger partial charge >= 0.3 is 5.97 Å². The Morgan fingerprint density at radius 3 is 1.54 bits per heavy atom. The Kier molecular flexibility index (Phi) is 17.6. The molecule has 0 aliphatic heterocycles. The van der Waals surface area contributed by atoms with Crippen LogP contribution in [0, 0.1) is 36.5 Å². The minimum absolute atomic E-state index is 0.0305. The molecule has 0 saturated heterocycles. The first-order valence-electron chi connectivity index (χ1n) is 20.8. The standard InChI is InChI=1S/C50H46Cl2N6O9/c1-30-36(28-66-48-13-46(64-26-34-9-32(15-53)17-55-19-34)38(11-43(48)51)21-57-23-40(60)25-59)5-3-7-41(30)42-8-4-6-37(31(42)2)29-67-49-14-47(65-27-35-10-33(16-54)18-56-20-35)39(12-44(49)52)22-58-24-45(61)50(62)63/h3-14,17-20,25,40,45,57-58,60-61H,21-24,26-29H2,1-2H3,(H,62,63). The molecule has 15 nitrogen and oxygen atoms in total. The van der Waals surface area contributed by atoms with Gasteiger partial charge in [-0.2, -0.15) is 10.5 Å². The molecular formula is C50H46Cl2N6O9. The first kappa shape index (κ1) is 49.4. The molecule has 2 heterocycles. The van der Waals surface area contributed by atoms with Gasteiger partial charge in [0.15, 0.2) is 6.10 Å². The van der Waals surface area contributed by atoms with E-state index in [-0.39, 0.29) is 57.6 Å². The van der Waals surface area contributed by atoms with Crippen molar-refractivity contribution in [3.05, 3.63) is 163 Å². The summed E-state index contributed by atoms with van der Waals surface area (Å²) in [5, 5.41) is 53.8. The molecule has 0 amide bonds. The highest BCUT2D eigenvalue weighted by atomic mass is 35.5. The maximum absolute atomic E-state index is 11.2. The van der Waals surface area contributed by atoms with Crippen molar-refractivity contribution in [3.8, 4) is 46.3 Å². The van der Waals surface area contributed by atoms with Gasteiger partial charge in [0.25, 0.3) is 0 Å². The number of benzene rings is 4. The van der Waals surface area contributed by atoms with Crippen LogP contribution in [0.5, 0.6) is 23.0 Å². The number of aliphatic carboxylic acids is 1. The van der Waals surface area contributed by atoms with E-state index in [2.05, 4.69) is 32.7 Å². The van der Waals surface area contributed by atoms with E-state index in [9.17, 15) is 30.3 Å². The fraction of sp³-hybridized carbons (Fsp3) is 0.240. The number of carbonyl (C=O) groups is 2. The molecule has 0 spiro atoms. The van der Waals surface area contributed by atoms with Gasteiger partial charge in [0, 0.05) is 85.4 Å². The summed E-state index contributed by atoms with van der Waals surface area (Å²) >= 11 is 13.5. The second-order valence-corrected chi connectivity index (χ2v) is 16.1. The van der Waals surface area contributed by atoms with E-state index in [1.54, 1.807) is 48.8 Å². The number of carboxylic acid groups (broad SMARTS) is 1. The Hall–Kier alpha value is -7.08. The molecule has 67 heavy (non-hydrogen) atoms. The summed E-state index contributed by atoms with van der Waals surface area (Å²) in [6.45, 7) is 4.72. The van der Waals surface area contributed by atoms with Gasteiger partial charge in [-0.15, -0.1) is 0 Å². The van der Waals surface area contributed by atoms with Crippen molar-refractivity contribution < 1.29 is 43.9 Å². The SMILES string of the molecule is Cc1c(COc2cc(OCc3cncc(C#N)c3)c(CNCC(O)C=O)cc2Cl)cccc1-c1cccc(COc2cc(OCc3cncc(C#N)c3)c(CNCC(O)C(=O)O)cc2Cl)c1C. The molecule has 0 saturated carbocycles. The van der Waals surface area contributed by atoms with E-state index in [4.69, 9.17) is 47.3 Å². The number of aliphatic hydroxyl groups is 2. The second kappa shape index (κ2) is 23.9. The highest BCUT2D eigenvalue weighted by molar-refractivity contribution is 6.32. The monoisotopic (exact) mass is 944 g/mol. The molecule has 0 bridgehead atoms. The number of pyridine rings is 2. The van der Waals surface area contributed by atoms with Gasteiger partial charge in [0.2, 0.25) is 0 Å². The quantitative estimate of drug-likeness (QED) is 0.0397. The number of carbonyl (C=O) groups excluding carboxylic acids is 1. The molecule has 4 aromatic carbocycles. The number of aldehydes is 1. The molecule has 2 unspecified atom stereocenters. The lowest BCUT2D eigenvalue weighted by atomic mass is 9.92. The number of hydrogen-bond donors (Lipinski definition) is 5. The van der Waals surface area contributed by atoms with Crippen LogP contribution in [0.3, 0.4) is 0 Å². The second-order valence-electron chi connectivity index (χ2n) is 15.3. The Morgan fingerprint density at radius 1 is 0.657 bits per heavy atom. The van der Waals surface area contributed by atoms with Crippen LogP contribution in [0.2, 0.25) is 10.0 Å². The van der Waals surface area contributed by atoms with E-state index >= 15 is 0 Å². The number of aliphatic hydroxyl groups excluding tert-OH is 2. The lowest BCUT2D eigenvalue weighted by molar-refractivity contribution is -0.146. The molecular weight excluding hydrogens is 899 g/mol. The van der Waals surface area contributed by atoms with E-state index in [0.29, 0.717) is 67.7 Å².